The zero-order chi connectivity index (χ0) is 9.14. The van der Waals surface area contributed by atoms with Crippen LogP contribution in [-0.2, 0) is 0 Å². The van der Waals surface area contributed by atoms with E-state index in [0.29, 0.717) is 5.69 Å². The first-order chi connectivity index (χ1) is 5.65. The van der Waals surface area contributed by atoms with Gasteiger partial charge in [-0.05, 0) is 18.2 Å². The highest BCUT2D eigenvalue weighted by Gasteiger charge is 2.10. The molecule has 0 saturated carbocycles. The van der Waals surface area contributed by atoms with E-state index in [-0.39, 0.29) is 22.6 Å². The molecule has 0 fully saturated rings. The van der Waals surface area contributed by atoms with Gasteiger partial charge in [-0.15, -0.1) is 0 Å². The Kier molecular flexibility index (Phi) is 2.54. The predicted molar refractivity (Wildman–Crippen MR) is 44.8 cm³/mol. The molecule has 0 bridgehead atoms. The van der Waals surface area contributed by atoms with E-state index in [0.717, 1.165) is 0 Å². The Morgan fingerprint density at radius 3 is 2.75 bits per heavy atom. The number of carbonyl (C=O) groups is 1. The van der Waals surface area contributed by atoms with Crippen molar-refractivity contribution in [3.05, 3.63) is 23.8 Å². The summed E-state index contributed by atoms with van der Waals surface area (Å²) in [6.07, 6.45) is 0. The van der Waals surface area contributed by atoms with Gasteiger partial charge < -0.3 is 10.8 Å². The summed E-state index contributed by atoms with van der Waals surface area (Å²) in [6.45, 7) is 0. The molecule has 0 aliphatic rings. The summed E-state index contributed by atoms with van der Waals surface area (Å²) < 4.78 is 12.1. The van der Waals surface area contributed by atoms with E-state index in [4.69, 9.17) is 10.8 Å². The van der Waals surface area contributed by atoms with Gasteiger partial charge in [0.05, 0.1) is 22.6 Å². The van der Waals surface area contributed by atoms with Gasteiger partial charge in [-0.2, -0.15) is 3.89 Å². The first-order valence-corrected chi connectivity index (χ1v) is 3.78. The average Bonchev–Trinajstić information content (AvgIpc) is 2.03. The Balaban J connectivity index is 3.20. The van der Waals surface area contributed by atoms with Gasteiger partial charge in [0.15, 0.2) is 0 Å². The average molecular weight is 187 g/mol. The highest BCUT2D eigenvalue weighted by atomic mass is 32.2. The number of aromatic carboxylic acids is 1. The fraction of sp³-hybridized carbons (Fsp3) is 0. The highest BCUT2D eigenvalue weighted by Crippen LogP contribution is 2.25. The van der Waals surface area contributed by atoms with E-state index in [9.17, 15) is 8.68 Å². The lowest BCUT2D eigenvalue weighted by Crippen LogP contribution is -1.99. The first-order valence-electron chi connectivity index (χ1n) is 3.06. The van der Waals surface area contributed by atoms with Gasteiger partial charge in [0.25, 0.3) is 0 Å². The minimum atomic E-state index is -1.16. The van der Waals surface area contributed by atoms with Crippen LogP contribution >= 0.6 is 12.1 Å². The number of nitrogen functional groups attached to an aromatic ring is 1. The summed E-state index contributed by atoms with van der Waals surface area (Å²) in [5.41, 5.74) is 5.61. The Hall–Kier alpha value is -1.23. The number of hydrogen-bond acceptors (Lipinski definition) is 3. The van der Waals surface area contributed by atoms with Gasteiger partial charge in [-0.25, -0.2) is 4.79 Å². The number of carboxylic acid groups (broad SMARTS) is 1. The molecule has 12 heavy (non-hydrogen) atoms. The summed E-state index contributed by atoms with van der Waals surface area (Å²) in [5.74, 6) is -1.16. The molecule has 5 heteroatoms. The molecule has 64 valence electrons. The number of hydrogen-bond donors (Lipinski definition) is 2. The zero-order valence-corrected chi connectivity index (χ0v) is 6.77. The van der Waals surface area contributed by atoms with Crippen LogP contribution in [0.1, 0.15) is 10.4 Å². The van der Waals surface area contributed by atoms with Crippen LogP contribution in [0.4, 0.5) is 9.57 Å². The quantitative estimate of drug-likeness (QED) is 0.694. The summed E-state index contributed by atoms with van der Waals surface area (Å²) >= 11 is -0.123. The number of anilines is 1. The molecule has 0 atom stereocenters. The van der Waals surface area contributed by atoms with Crippen molar-refractivity contribution >= 4 is 23.8 Å². The topological polar surface area (TPSA) is 63.3 Å². The Labute approximate surface area is 72.7 Å². The van der Waals surface area contributed by atoms with Crippen molar-refractivity contribution in [1.82, 2.24) is 0 Å². The molecule has 0 aliphatic heterocycles. The van der Waals surface area contributed by atoms with E-state index in [1.807, 2.05) is 0 Å². The molecular formula is C7H6FNO2S. The summed E-state index contributed by atoms with van der Waals surface area (Å²) in [6, 6.07) is 3.98. The first kappa shape index (κ1) is 8.86. The Morgan fingerprint density at radius 2 is 2.25 bits per heavy atom. The van der Waals surface area contributed by atoms with Crippen LogP contribution in [-0.4, -0.2) is 11.1 Å². The Bertz CT molecular complexity index is 316. The minimum Gasteiger partial charge on any atom is -0.478 e. The van der Waals surface area contributed by atoms with Gasteiger partial charge >= 0.3 is 5.97 Å². The molecule has 0 aromatic heterocycles. The molecule has 0 unspecified atom stereocenters. The maximum Gasteiger partial charge on any atom is 0.336 e. The maximum atomic E-state index is 12.1. The van der Waals surface area contributed by atoms with Crippen LogP contribution in [0.25, 0.3) is 0 Å². The molecule has 3 nitrogen and oxygen atoms in total. The van der Waals surface area contributed by atoms with Gasteiger partial charge in [-0.3, -0.25) is 0 Å². The van der Waals surface area contributed by atoms with Crippen molar-refractivity contribution < 1.29 is 13.8 Å². The fourth-order valence-corrected chi connectivity index (χ4v) is 1.20. The van der Waals surface area contributed by atoms with Crippen LogP contribution in [0.3, 0.4) is 0 Å². The number of halogens is 1. The van der Waals surface area contributed by atoms with Gasteiger partial charge in [0.2, 0.25) is 0 Å². The highest BCUT2D eigenvalue weighted by molar-refractivity contribution is 7.94. The predicted octanol–water partition coefficient (Wildman–Crippen LogP) is 1.94. The maximum absolute atomic E-state index is 12.1. The molecule has 1 aromatic rings. The smallest absolute Gasteiger partial charge is 0.336 e. The molecule has 0 radical (unpaired) electrons. The van der Waals surface area contributed by atoms with Crippen molar-refractivity contribution in [1.29, 1.82) is 0 Å². The van der Waals surface area contributed by atoms with Crippen LogP contribution in [0.2, 0.25) is 0 Å². The molecule has 3 N–H and O–H groups in total. The molecule has 0 spiro atoms. The van der Waals surface area contributed by atoms with Gasteiger partial charge in [0.1, 0.15) is 0 Å². The van der Waals surface area contributed by atoms with Crippen LogP contribution in [0, 0.1) is 0 Å². The van der Waals surface area contributed by atoms with Crippen LogP contribution < -0.4 is 5.73 Å². The molecule has 1 rings (SSSR count). The number of carboxylic acids is 1. The molecule has 0 heterocycles. The van der Waals surface area contributed by atoms with E-state index in [1.54, 1.807) is 0 Å². The van der Waals surface area contributed by atoms with Crippen LogP contribution in [0.5, 0.6) is 0 Å². The van der Waals surface area contributed by atoms with Crippen LogP contribution in [0.15, 0.2) is 23.1 Å². The summed E-state index contributed by atoms with van der Waals surface area (Å²) in [7, 11) is 0. The van der Waals surface area contributed by atoms with E-state index < -0.39 is 5.97 Å². The van der Waals surface area contributed by atoms with E-state index >= 15 is 0 Å². The number of benzene rings is 1. The largest absolute Gasteiger partial charge is 0.478 e. The van der Waals surface area contributed by atoms with Gasteiger partial charge in [0, 0.05) is 5.69 Å². The second kappa shape index (κ2) is 3.44. The fourth-order valence-electron chi connectivity index (χ4n) is 0.779. The van der Waals surface area contributed by atoms with Gasteiger partial charge in [-0.1, -0.05) is 0 Å². The van der Waals surface area contributed by atoms with Crippen molar-refractivity contribution in [3.8, 4) is 0 Å². The minimum absolute atomic E-state index is 0.0301. The second-order valence-electron chi connectivity index (χ2n) is 2.14. The molecule has 0 saturated heterocycles. The number of rotatable bonds is 2. The third-order valence-electron chi connectivity index (χ3n) is 1.32. The van der Waals surface area contributed by atoms with E-state index in [2.05, 4.69) is 0 Å². The van der Waals surface area contributed by atoms with E-state index in [1.165, 1.54) is 18.2 Å². The SMILES string of the molecule is Nc1ccc(C(=O)O)c(SF)c1. The molecule has 1 aromatic carbocycles. The lowest BCUT2D eigenvalue weighted by molar-refractivity contribution is 0.0693. The monoisotopic (exact) mass is 187 g/mol. The molecule has 0 amide bonds. The summed E-state index contributed by atoms with van der Waals surface area (Å²) in [4.78, 5) is 10.5. The normalized spacial score (nSPS) is 9.75. The lowest BCUT2D eigenvalue weighted by Gasteiger charge is -2.00. The standard InChI is InChI=1S/C7H6FNO2S/c8-12-6-3-4(9)1-2-5(6)7(10)11/h1-3H,9H2,(H,10,11). The van der Waals surface area contributed by atoms with Crippen molar-refractivity contribution in [2.75, 3.05) is 5.73 Å². The molecular weight excluding hydrogens is 181 g/mol. The Morgan fingerprint density at radius 1 is 1.58 bits per heavy atom. The molecule has 0 aliphatic carbocycles. The number of nitrogens with two attached hydrogens (primary N) is 1. The van der Waals surface area contributed by atoms with Crippen molar-refractivity contribution in [2.24, 2.45) is 0 Å². The third-order valence-corrected chi connectivity index (χ3v) is 1.82. The second-order valence-corrected chi connectivity index (χ2v) is 2.73. The third kappa shape index (κ3) is 1.68. The van der Waals surface area contributed by atoms with Crippen molar-refractivity contribution in [3.63, 3.8) is 0 Å². The zero-order valence-electron chi connectivity index (χ0n) is 5.95. The summed E-state index contributed by atoms with van der Waals surface area (Å²) in [5, 5.41) is 8.57. The lowest BCUT2D eigenvalue weighted by atomic mass is 10.2. The van der Waals surface area contributed by atoms with Crippen molar-refractivity contribution in [2.45, 2.75) is 4.90 Å².